The maximum absolute atomic E-state index is 13.3. The minimum absolute atomic E-state index is 0.00415. The smallest absolute Gasteiger partial charge is 0.279 e. The molecule has 0 aliphatic rings. The molecular weight excluding hydrogens is 450 g/mol. The van der Waals surface area contributed by atoms with E-state index >= 15 is 0 Å². The number of hydrogen-bond donors (Lipinski definition) is 0. The monoisotopic (exact) mass is 466 g/mol. The fourth-order valence-corrected chi connectivity index (χ4v) is 3.32. The largest absolute Gasteiger partial charge is 0.433 e. The first-order valence-electron chi connectivity index (χ1n) is 9.54. The van der Waals surface area contributed by atoms with Gasteiger partial charge in [0.2, 0.25) is 0 Å². The summed E-state index contributed by atoms with van der Waals surface area (Å²) < 4.78 is 81.3. The van der Waals surface area contributed by atoms with Crippen LogP contribution < -0.4 is 0 Å². The molecule has 0 bridgehead atoms. The van der Waals surface area contributed by atoms with Crippen molar-refractivity contribution in [2.24, 2.45) is 0 Å². The highest BCUT2D eigenvalue weighted by Crippen LogP contribution is 2.34. The van der Waals surface area contributed by atoms with Crippen molar-refractivity contribution in [2.45, 2.75) is 31.6 Å². The van der Waals surface area contributed by atoms with Gasteiger partial charge in [0, 0.05) is 5.41 Å². The topological polar surface area (TPSA) is 61.4 Å². The summed E-state index contributed by atoms with van der Waals surface area (Å²) in [5.41, 5.74) is -2.18. The van der Waals surface area contributed by atoms with Crippen molar-refractivity contribution in [3.63, 3.8) is 0 Å². The SMILES string of the molecule is CC(C)(c1cccc(-n2cncc2C(F)(F)F)n1)c1cccc(-n2cncc2C(F)(F)F)n1. The molecule has 0 amide bonds. The van der Waals surface area contributed by atoms with Gasteiger partial charge >= 0.3 is 12.4 Å². The predicted octanol–water partition coefficient (Wildman–Crippen LogP) is 5.21. The second-order valence-corrected chi connectivity index (χ2v) is 7.68. The van der Waals surface area contributed by atoms with E-state index in [9.17, 15) is 26.3 Å². The molecule has 0 unspecified atom stereocenters. The number of pyridine rings is 2. The van der Waals surface area contributed by atoms with Crippen molar-refractivity contribution in [3.8, 4) is 11.6 Å². The molecule has 33 heavy (non-hydrogen) atoms. The summed E-state index contributed by atoms with van der Waals surface area (Å²) in [4.78, 5) is 15.9. The zero-order valence-corrected chi connectivity index (χ0v) is 17.2. The van der Waals surface area contributed by atoms with Crippen LogP contribution in [-0.2, 0) is 17.8 Å². The number of halogens is 6. The maximum atomic E-state index is 13.3. The van der Waals surface area contributed by atoms with Crippen LogP contribution in [-0.4, -0.2) is 29.1 Å². The molecule has 12 heteroatoms. The van der Waals surface area contributed by atoms with Crippen LogP contribution in [0.15, 0.2) is 61.4 Å². The van der Waals surface area contributed by atoms with E-state index in [0.717, 1.165) is 21.8 Å². The van der Waals surface area contributed by atoms with Crippen LogP contribution in [0, 0.1) is 0 Å². The molecule has 4 heterocycles. The molecule has 172 valence electrons. The first kappa shape index (κ1) is 22.5. The van der Waals surface area contributed by atoms with Crippen molar-refractivity contribution in [2.75, 3.05) is 0 Å². The molecule has 0 aromatic carbocycles. The van der Waals surface area contributed by atoms with Gasteiger partial charge in [-0.1, -0.05) is 12.1 Å². The molecule has 4 rings (SSSR count). The van der Waals surface area contributed by atoms with Gasteiger partial charge in [-0.25, -0.2) is 19.9 Å². The second-order valence-electron chi connectivity index (χ2n) is 7.68. The summed E-state index contributed by atoms with van der Waals surface area (Å²) in [6.07, 6.45) is -5.82. The van der Waals surface area contributed by atoms with E-state index in [2.05, 4.69) is 19.9 Å². The first-order chi connectivity index (χ1) is 15.4. The third-order valence-corrected chi connectivity index (χ3v) is 5.10. The molecule has 0 saturated heterocycles. The van der Waals surface area contributed by atoms with Crippen LogP contribution in [0.5, 0.6) is 0 Å². The summed E-state index contributed by atoms with van der Waals surface area (Å²) in [6.45, 7) is 3.45. The molecule has 0 aliphatic heterocycles. The number of hydrogen-bond acceptors (Lipinski definition) is 4. The van der Waals surface area contributed by atoms with Crippen molar-refractivity contribution in [1.29, 1.82) is 0 Å². The molecule has 0 spiro atoms. The average molecular weight is 466 g/mol. The van der Waals surface area contributed by atoms with Gasteiger partial charge in [-0.15, -0.1) is 0 Å². The van der Waals surface area contributed by atoms with E-state index in [1.807, 2.05) is 0 Å². The summed E-state index contributed by atoms with van der Waals surface area (Å²) in [5.74, 6) is -0.00829. The molecule has 4 aromatic heterocycles. The second kappa shape index (κ2) is 7.71. The van der Waals surface area contributed by atoms with Crippen LogP contribution >= 0.6 is 0 Å². The molecule has 0 radical (unpaired) electrons. The molecule has 0 fully saturated rings. The summed E-state index contributed by atoms with van der Waals surface area (Å²) in [7, 11) is 0. The Balaban J connectivity index is 1.75. The lowest BCUT2D eigenvalue weighted by molar-refractivity contribution is -0.143. The number of nitrogens with zero attached hydrogens (tertiary/aromatic N) is 6. The molecule has 0 atom stereocenters. The van der Waals surface area contributed by atoms with Gasteiger partial charge < -0.3 is 0 Å². The minimum Gasteiger partial charge on any atom is -0.279 e. The average Bonchev–Trinajstić information content (AvgIpc) is 3.43. The number of alkyl halides is 6. The zero-order chi connectivity index (χ0) is 24.0. The van der Waals surface area contributed by atoms with Crippen molar-refractivity contribution >= 4 is 0 Å². The highest BCUT2D eigenvalue weighted by Gasteiger charge is 2.37. The van der Waals surface area contributed by atoms with E-state index in [1.54, 1.807) is 38.1 Å². The lowest BCUT2D eigenvalue weighted by atomic mass is 9.84. The van der Waals surface area contributed by atoms with Crippen LogP contribution in [0.3, 0.4) is 0 Å². The Hall–Kier alpha value is -3.70. The van der Waals surface area contributed by atoms with Gasteiger partial charge in [0.05, 0.1) is 23.8 Å². The van der Waals surface area contributed by atoms with Crippen LogP contribution in [0.2, 0.25) is 0 Å². The molecule has 4 aromatic rings. The lowest BCUT2D eigenvalue weighted by Crippen LogP contribution is -2.24. The Morgan fingerprint density at radius 2 is 1.03 bits per heavy atom. The zero-order valence-electron chi connectivity index (χ0n) is 17.2. The normalized spacial score (nSPS) is 12.8. The van der Waals surface area contributed by atoms with Gasteiger partial charge in [0.25, 0.3) is 0 Å². The van der Waals surface area contributed by atoms with Gasteiger partial charge in [-0.05, 0) is 38.1 Å². The maximum Gasteiger partial charge on any atom is 0.433 e. The van der Waals surface area contributed by atoms with E-state index in [0.29, 0.717) is 23.8 Å². The van der Waals surface area contributed by atoms with Crippen molar-refractivity contribution < 1.29 is 26.3 Å². The van der Waals surface area contributed by atoms with E-state index in [4.69, 9.17) is 0 Å². The lowest BCUT2D eigenvalue weighted by Gasteiger charge is -2.25. The standard InChI is InChI=1S/C21H16F6N6/c1-19(2,13-5-3-7-17(30-13)32-11-28-9-15(32)20(22,23)24)14-6-4-8-18(31-14)33-12-29-10-16(33)21(25,26)27/h3-12H,1-2H3. The van der Waals surface area contributed by atoms with Crippen molar-refractivity contribution in [1.82, 2.24) is 29.1 Å². The fraction of sp³-hybridized carbons (Fsp3) is 0.238. The molecule has 6 nitrogen and oxygen atoms in total. The van der Waals surface area contributed by atoms with Crippen LogP contribution in [0.4, 0.5) is 26.3 Å². The third kappa shape index (κ3) is 4.20. The third-order valence-electron chi connectivity index (χ3n) is 5.10. The van der Waals surface area contributed by atoms with E-state index in [1.165, 1.54) is 12.1 Å². The summed E-state index contributed by atoms with van der Waals surface area (Å²) in [5, 5.41) is 0. The van der Waals surface area contributed by atoms with Gasteiger partial charge in [-0.2, -0.15) is 26.3 Å². The molecule has 0 aliphatic carbocycles. The molecule has 0 N–H and O–H groups in total. The van der Waals surface area contributed by atoms with E-state index in [-0.39, 0.29) is 11.6 Å². The van der Waals surface area contributed by atoms with E-state index < -0.39 is 29.2 Å². The van der Waals surface area contributed by atoms with Crippen molar-refractivity contribution in [3.05, 3.63) is 84.2 Å². The quantitative estimate of drug-likeness (QED) is 0.388. The first-order valence-corrected chi connectivity index (χ1v) is 9.54. The fourth-order valence-electron chi connectivity index (χ4n) is 3.32. The molecular formula is C21H16F6N6. The Bertz CT molecular complexity index is 1190. The van der Waals surface area contributed by atoms with Crippen LogP contribution in [0.25, 0.3) is 11.6 Å². The predicted molar refractivity (Wildman–Crippen MR) is 105 cm³/mol. The summed E-state index contributed by atoms with van der Waals surface area (Å²) >= 11 is 0. The Labute approximate surface area is 183 Å². The highest BCUT2D eigenvalue weighted by molar-refractivity contribution is 5.37. The van der Waals surface area contributed by atoms with Gasteiger partial charge in [-0.3, -0.25) is 9.13 Å². The Kier molecular flexibility index (Phi) is 5.26. The minimum atomic E-state index is -4.62. The number of rotatable bonds is 4. The highest BCUT2D eigenvalue weighted by atomic mass is 19.4. The Morgan fingerprint density at radius 1 is 0.636 bits per heavy atom. The number of imidazole rings is 2. The van der Waals surface area contributed by atoms with Crippen LogP contribution in [0.1, 0.15) is 36.6 Å². The van der Waals surface area contributed by atoms with Gasteiger partial charge in [0.15, 0.2) is 0 Å². The summed E-state index contributed by atoms with van der Waals surface area (Å²) in [6, 6.07) is 9.12. The van der Waals surface area contributed by atoms with Gasteiger partial charge in [0.1, 0.15) is 35.7 Å². The molecule has 0 saturated carbocycles. The number of aromatic nitrogens is 6. The Morgan fingerprint density at radius 3 is 1.39 bits per heavy atom.